The second-order valence-electron chi connectivity index (χ2n) is 5.92. The van der Waals surface area contributed by atoms with Crippen molar-refractivity contribution in [2.75, 3.05) is 7.11 Å². The first kappa shape index (κ1) is 18.7. The van der Waals surface area contributed by atoms with Gasteiger partial charge in [0.15, 0.2) is 0 Å². The zero-order valence-corrected chi connectivity index (χ0v) is 14.3. The fraction of sp³-hybridized carbons (Fsp3) is 0.150. The van der Waals surface area contributed by atoms with Gasteiger partial charge in [0.05, 0.1) is 19.2 Å². The number of methoxy groups -OCH3 is 1. The molecule has 1 heterocycles. The van der Waals surface area contributed by atoms with Crippen LogP contribution in [0.25, 0.3) is 11.1 Å². The molecule has 1 aromatic heterocycles. The first-order valence-electron chi connectivity index (χ1n) is 7.98. The molecule has 3 rings (SSSR count). The van der Waals surface area contributed by atoms with Crippen molar-refractivity contribution in [2.24, 2.45) is 0 Å². The molecule has 27 heavy (non-hydrogen) atoms. The van der Waals surface area contributed by atoms with E-state index in [4.69, 9.17) is 4.74 Å². The minimum absolute atomic E-state index is 0.0438. The number of alkyl halides is 3. The summed E-state index contributed by atoms with van der Waals surface area (Å²) in [5.74, 6) is -0.674. The SMILES string of the molecule is COc1ccc(-c2ccc(=O)n(Cc3ccc(C(F)(F)F)c(F)c3)c2)cc1. The highest BCUT2D eigenvalue weighted by molar-refractivity contribution is 5.63. The van der Waals surface area contributed by atoms with Gasteiger partial charge in [0.25, 0.3) is 5.56 Å². The van der Waals surface area contributed by atoms with Crippen LogP contribution in [-0.4, -0.2) is 11.7 Å². The number of aromatic nitrogens is 1. The maximum Gasteiger partial charge on any atom is 0.419 e. The topological polar surface area (TPSA) is 31.2 Å². The van der Waals surface area contributed by atoms with Crippen LogP contribution in [0.2, 0.25) is 0 Å². The summed E-state index contributed by atoms with van der Waals surface area (Å²) in [6, 6.07) is 12.8. The van der Waals surface area contributed by atoms with Gasteiger partial charge in [-0.15, -0.1) is 0 Å². The summed E-state index contributed by atoms with van der Waals surface area (Å²) in [4.78, 5) is 12.1. The van der Waals surface area contributed by atoms with Crippen LogP contribution < -0.4 is 10.3 Å². The Bertz CT molecular complexity index is 1010. The van der Waals surface area contributed by atoms with Crippen molar-refractivity contribution >= 4 is 0 Å². The molecule has 0 fully saturated rings. The maximum absolute atomic E-state index is 13.7. The summed E-state index contributed by atoms with van der Waals surface area (Å²) >= 11 is 0. The average molecular weight is 377 g/mol. The van der Waals surface area contributed by atoms with Gasteiger partial charge in [0.1, 0.15) is 11.6 Å². The van der Waals surface area contributed by atoms with Crippen molar-refractivity contribution in [3.8, 4) is 16.9 Å². The van der Waals surface area contributed by atoms with Crippen LogP contribution in [0.3, 0.4) is 0 Å². The largest absolute Gasteiger partial charge is 0.497 e. The van der Waals surface area contributed by atoms with Crippen LogP contribution in [0.4, 0.5) is 17.6 Å². The third kappa shape index (κ3) is 4.19. The van der Waals surface area contributed by atoms with E-state index in [1.54, 1.807) is 31.5 Å². The van der Waals surface area contributed by atoms with Gasteiger partial charge in [-0.05, 0) is 47.0 Å². The van der Waals surface area contributed by atoms with Gasteiger partial charge in [-0.2, -0.15) is 13.2 Å². The summed E-state index contributed by atoms with van der Waals surface area (Å²) in [5.41, 5.74) is 0.167. The van der Waals surface area contributed by atoms with E-state index < -0.39 is 17.6 Å². The average Bonchev–Trinajstić information content (AvgIpc) is 2.62. The third-order valence-corrected chi connectivity index (χ3v) is 4.10. The van der Waals surface area contributed by atoms with E-state index in [-0.39, 0.29) is 17.7 Å². The van der Waals surface area contributed by atoms with E-state index in [2.05, 4.69) is 0 Å². The molecule has 0 aliphatic heterocycles. The highest BCUT2D eigenvalue weighted by Gasteiger charge is 2.33. The summed E-state index contributed by atoms with van der Waals surface area (Å²) in [5, 5.41) is 0. The molecule has 2 aromatic carbocycles. The van der Waals surface area contributed by atoms with Gasteiger partial charge in [-0.1, -0.05) is 18.2 Å². The molecule has 0 aliphatic carbocycles. The highest BCUT2D eigenvalue weighted by atomic mass is 19.4. The molecule has 140 valence electrons. The summed E-state index contributed by atoms with van der Waals surface area (Å²) in [6.07, 6.45) is -3.17. The molecule has 3 aromatic rings. The van der Waals surface area contributed by atoms with Gasteiger partial charge in [-0.3, -0.25) is 4.79 Å². The quantitative estimate of drug-likeness (QED) is 0.616. The Kier molecular flexibility index (Phi) is 5.03. The standard InChI is InChI=1S/C20H15F4NO2/c1-27-16-6-3-14(4-7-16)15-5-9-19(26)25(12-15)11-13-2-8-17(18(21)10-13)20(22,23)24/h2-10,12H,11H2,1H3. The predicted molar refractivity (Wildman–Crippen MR) is 93.2 cm³/mol. The van der Waals surface area contributed by atoms with Crippen LogP contribution in [0.15, 0.2) is 65.6 Å². The van der Waals surface area contributed by atoms with Gasteiger partial charge in [-0.25, -0.2) is 4.39 Å². The summed E-state index contributed by atoms with van der Waals surface area (Å²) < 4.78 is 58.2. The Morgan fingerprint density at radius 3 is 2.22 bits per heavy atom. The molecule has 0 unspecified atom stereocenters. The number of rotatable bonds is 4. The van der Waals surface area contributed by atoms with E-state index in [0.717, 1.165) is 17.2 Å². The van der Waals surface area contributed by atoms with Crippen molar-refractivity contribution in [1.82, 2.24) is 4.57 Å². The molecule has 7 heteroatoms. The molecule has 0 saturated carbocycles. The van der Waals surface area contributed by atoms with Crippen molar-refractivity contribution in [1.29, 1.82) is 0 Å². The smallest absolute Gasteiger partial charge is 0.419 e. The van der Waals surface area contributed by atoms with E-state index in [1.165, 1.54) is 16.7 Å². The monoisotopic (exact) mass is 377 g/mol. The number of ether oxygens (including phenoxy) is 1. The number of hydrogen-bond acceptors (Lipinski definition) is 2. The lowest BCUT2D eigenvalue weighted by Gasteiger charge is -2.12. The Hall–Kier alpha value is -3.09. The highest BCUT2D eigenvalue weighted by Crippen LogP contribution is 2.31. The molecule has 0 spiro atoms. The van der Waals surface area contributed by atoms with Gasteiger partial charge < -0.3 is 9.30 Å². The lowest BCUT2D eigenvalue weighted by atomic mass is 10.1. The zero-order chi connectivity index (χ0) is 19.6. The van der Waals surface area contributed by atoms with Crippen molar-refractivity contribution < 1.29 is 22.3 Å². The lowest BCUT2D eigenvalue weighted by molar-refractivity contribution is -0.140. The molecule has 0 N–H and O–H groups in total. The second-order valence-corrected chi connectivity index (χ2v) is 5.92. The van der Waals surface area contributed by atoms with Gasteiger partial charge >= 0.3 is 6.18 Å². The van der Waals surface area contributed by atoms with Crippen molar-refractivity contribution in [3.63, 3.8) is 0 Å². The number of halogens is 4. The van der Waals surface area contributed by atoms with Gasteiger partial charge in [0, 0.05) is 12.3 Å². The van der Waals surface area contributed by atoms with Crippen molar-refractivity contribution in [2.45, 2.75) is 12.7 Å². The Labute approximate surface area is 152 Å². The number of pyridine rings is 1. The van der Waals surface area contributed by atoms with Gasteiger partial charge in [0.2, 0.25) is 0 Å². The van der Waals surface area contributed by atoms with Crippen LogP contribution in [0.1, 0.15) is 11.1 Å². The molecule has 0 atom stereocenters. The first-order valence-corrected chi connectivity index (χ1v) is 7.98. The van der Waals surface area contributed by atoms with Crippen LogP contribution in [0, 0.1) is 5.82 Å². The number of benzene rings is 2. The molecular weight excluding hydrogens is 362 g/mol. The molecule has 0 bridgehead atoms. The van der Waals surface area contributed by atoms with Crippen LogP contribution in [-0.2, 0) is 12.7 Å². The normalized spacial score (nSPS) is 11.4. The van der Waals surface area contributed by atoms with Crippen LogP contribution >= 0.6 is 0 Å². The summed E-state index contributed by atoms with van der Waals surface area (Å²) in [7, 11) is 1.55. The lowest BCUT2D eigenvalue weighted by Crippen LogP contribution is -2.19. The first-order chi connectivity index (χ1) is 12.8. The molecule has 3 nitrogen and oxygen atoms in total. The minimum Gasteiger partial charge on any atom is -0.497 e. The number of hydrogen-bond donors (Lipinski definition) is 0. The predicted octanol–water partition coefficient (Wildman–Crippen LogP) is 4.73. The maximum atomic E-state index is 13.7. The molecule has 0 radical (unpaired) electrons. The molecule has 0 saturated heterocycles. The fourth-order valence-electron chi connectivity index (χ4n) is 2.69. The molecule has 0 amide bonds. The van der Waals surface area contributed by atoms with E-state index in [1.807, 2.05) is 12.1 Å². The Balaban J connectivity index is 1.91. The zero-order valence-electron chi connectivity index (χ0n) is 14.3. The Morgan fingerprint density at radius 2 is 1.63 bits per heavy atom. The fourth-order valence-corrected chi connectivity index (χ4v) is 2.69. The van der Waals surface area contributed by atoms with E-state index in [0.29, 0.717) is 11.8 Å². The summed E-state index contributed by atoms with van der Waals surface area (Å²) in [6.45, 7) is -0.0438. The molecular formula is C20H15F4NO2. The van der Waals surface area contributed by atoms with Crippen LogP contribution in [0.5, 0.6) is 5.75 Å². The Morgan fingerprint density at radius 1 is 0.963 bits per heavy atom. The van der Waals surface area contributed by atoms with E-state index in [9.17, 15) is 22.4 Å². The second kappa shape index (κ2) is 7.26. The van der Waals surface area contributed by atoms with E-state index >= 15 is 0 Å². The third-order valence-electron chi connectivity index (χ3n) is 4.10. The minimum atomic E-state index is -4.76. The van der Waals surface area contributed by atoms with Crippen molar-refractivity contribution in [3.05, 3.63) is 88.1 Å². The molecule has 0 aliphatic rings. The number of nitrogens with zero attached hydrogens (tertiary/aromatic N) is 1.